The number of hydrogen-bond donors (Lipinski definition) is 0. The van der Waals surface area contributed by atoms with Crippen LogP contribution < -0.4 is 4.74 Å². The van der Waals surface area contributed by atoms with Gasteiger partial charge in [-0.3, -0.25) is 4.79 Å². The number of fused-ring (bicyclic) bond motifs is 1. The number of nitrogens with zero attached hydrogens (tertiary/aromatic N) is 3. The van der Waals surface area contributed by atoms with Crippen molar-refractivity contribution in [1.82, 2.24) is 4.40 Å². The number of allylic oxidation sites excluding steroid dienone is 1. The van der Waals surface area contributed by atoms with Crippen LogP contribution in [0.4, 0.5) is 0 Å². The van der Waals surface area contributed by atoms with Crippen LogP contribution in [0.15, 0.2) is 66.4 Å². The first kappa shape index (κ1) is 16.0. The van der Waals surface area contributed by atoms with Crippen molar-refractivity contribution < 1.29 is 9.53 Å². The van der Waals surface area contributed by atoms with Crippen molar-refractivity contribution in [1.29, 1.82) is 10.5 Å². The number of Topliss-reactive ketones (excluding diaryl/α,β-unsaturated/α-hetero) is 1. The van der Waals surface area contributed by atoms with Gasteiger partial charge in [-0.25, -0.2) is 0 Å². The molecule has 0 aliphatic carbocycles. The van der Waals surface area contributed by atoms with Crippen LogP contribution in [-0.4, -0.2) is 16.8 Å². The third kappa shape index (κ3) is 3.41. The van der Waals surface area contributed by atoms with Crippen LogP contribution in [0.25, 0.3) is 11.6 Å². The predicted molar refractivity (Wildman–Crippen MR) is 92.9 cm³/mol. The lowest BCUT2D eigenvalue weighted by Crippen LogP contribution is -2.11. The normalized spacial score (nSPS) is 9.84. The highest BCUT2D eigenvalue weighted by atomic mass is 16.5. The predicted octanol–water partition coefficient (Wildman–Crippen LogP) is 3.63. The summed E-state index contributed by atoms with van der Waals surface area (Å²) in [5.74, 6) is 0.296. The molecule has 2 heterocycles. The zero-order valence-electron chi connectivity index (χ0n) is 13.2. The molecule has 0 aliphatic rings. The molecule has 25 heavy (non-hydrogen) atoms. The molecule has 0 aliphatic heterocycles. The standard InChI is InChI=1S/C20H13N3O2/c21-12-15(13-22)10-18-20(11-17-8-4-5-9-23(17)18)25-14-19(24)16-6-2-1-3-7-16/h1-11H,14H2. The van der Waals surface area contributed by atoms with Crippen LogP contribution in [0.5, 0.6) is 5.75 Å². The number of ketones is 1. The number of benzene rings is 1. The van der Waals surface area contributed by atoms with Crippen LogP contribution in [0.3, 0.4) is 0 Å². The van der Waals surface area contributed by atoms with Crippen molar-refractivity contribution in [3.8, 4) is 17.9 Å². The van der Waals surface area contributed by atoms with E-state index in [1.165, 1.54) is 6.08 Å². The lowest BCUT2D eigenvalue weighted by atomic mass is 10.1. The first-order valence-electron chi connectivity index (χ1n) is 7.56. The van der Waals surface area contributed by atoms with Gasteiger partial charge in [0.15, 0.2) is 12.4 Å². The van der Waals surface area contributed by atoms with Crippen LogP contribution in [0, 0.1) is 22.7 Å². The molecule has 0 N–H and O–H groups in total. The second kappa shape index (κ2) is 7.16. The Bertz CT molecular complexity index is 1020. The highest BCUT2D eigenvalue weighted by molar-refractivity contribution is 5.97. The molecule has 0 atom stereocenters. The molecular weight excluding hydrogens is 314 g/mol. The van der Waals surface area contributed by atoms with Crippen molar-refractivity contribution in [3.63, 3.8) is 0 Å². The molecule has 0 bridgehead atoms. The van der Waals surface area contributed by atoms with Crippen LogP contribution in [0.2, 0.25) is 0 Å². The van der Waals surface area contributed by atoms with Gasteiger partial charge in [-0.15, -0.1) is 0 Å². The monoisotopic (exact) mass is 327 g/mol. The lowest BCUT2D eigenvalue weighted by Gasteiger charge is -2.06. The Morgan fingerprint density at radius 1 is 1.08 bits per heavy atom. The van der Waals surface area contributed by atoms with E-state index in [9.17, 15) is 4.79 Å². The third-order valence-corrected chi connectivity index (χ3v) is 3.66. The fourth-order valence-corrected chi connectivity index (χ4v) is 2.45. The maximum Gasteiger partial charge on any atom is 0.200 e. The number of carbonyl (C=O) groups excluding carboxylic acids is 1. The zero-order chi connectivity index (χ0) is 17.6. The van der Waals surface area contributed by atoms with Gasteiger partial charge in [0.25, 0.3) is 0 Å². The molecule has 0 saturated carbocycles. The maximum atomic E-state index is 12.2. The van der Waals surface area contributed by atoms with Gasteiger partial charge in [-0.1, -0.05) is 36.4 Å². The highest BCUT2D eigenvalue weighted by Gasteiger charge is 2.13. The van der Waals surface area contributed by atoms with Gasteiger partial charge < -0.3 is 9.14 Å². The van der Waals surface area contributed by atoms with E-state index in [2.05, 4.69) is 0 Å². The van der Waals surface area contributed by atoms with Gasteiger partial charge in [0.1, 0.15) is 23.5 Å². The number of ether oxygens (including phenoxy) is 1. The zero-order valence-corrected chi connectivity index (χ0v) is 13.2. The summed E-state index contributed by atoms with van der Waals surface area (Å²) in [6, 6.07) is 19.9. The van der Waals surface area contributed by atoms with E-state index in [0.717, 1.165) is 5.52 Å². The van der Waals surface area contributed by atoms with Crippen molar-refractivity contribution in [3.05, 3.63) is 77.6 Å². The number of hydrogen-bond acceptors (Lipinski definition) is 4. The van der Waals surface area contributed by atoms with E-state index in [-0.39, 0.29) is 18.0 Å². The van der Waals surface area contributed by atoms with Gasteiger partial charge in [0.2, 0.25) is 0 Å². The van der Waals surface area contributed by atoms with Crippen LogP contribution in [-0.2, 0) is 0 Å². The first-order valence-corrected chi connectivity index (χ1v) is 7.56. The van der Waals surface area contributed by atoms with E-state index in [0.29, 0.717) is 17.0 Å². The fourth-order valence-electron chi connectivity index (χ4n) is 2.45. The summed E-state index contributed by atoms with van der Waals surface area (Å²) >= 11 is 0. The minimum Gasteiger partial charge on any atom is -0.483 e. The Labute approximate surface area is 144 Å². The fraction of sp³-hybridized carbons (Fsp3) is 0.0500. The van der Waals surface area contributed by atoms with Crippen molar-refractivity contribution >= 4 is 17.4 Å². The second-order valence-electron chi connectivity index (χ2n) is 5.25. The molecule has 5 heteroatoms. The Balaban J connectivity index is 1.94. The Hall–Kier alpha value is -3.83. The number of nitriles is 2. The summed E-state index contributed by atoms with van der Waals surface area (Å²) in [4.78, 5) is 12.2. The molecule has 5 nitrogen and oxygen atoms in total. The molecule has 0 radical (unpaired) electrons. The molecule has 0 amide bonds. The summed E-state index contributed by atoms with van der Waals surface area (Å²) in [6.07, 6.45) is 3.26. The number of carbonyl (C=O) groups is 1. The van der Waals surface area contributed by atoms with E-state index in [4.69, 9.17) is 15.3 Å². The smallest absolute Gasteiger partial charge is 0.200 e. The van der Waals surface area contributed by atoms with Crippen molar-refractivity contribution in [2.75, 3.05) is 6.61 Å². The molecular formula is C20H13N3O2. The second-order valence-corrected chi connectivity index (χ2v) is 5.25. The van der Waals surface area contributed by atoms with Crippen LogP contribution >= 0.6 is 0 Å². The molecule has 120 valence electrons. The van der Waals surface area contributed by atoms with Crippen molar-refractivity contribution in [2.45, 2.75) is 0 Å². The quantitative estimate of drug-likeness (QED) is 0.529. The minimum absolute atomic E-state index is 0.0388. The first-order chi connectivity index (χ1) is 12.2. The minimum atomic E-state index is -0.147. The Kier molecular flexibility index (Phi) is 4.60. The molecule has 0 fully saturated rings. The summed E-state index contributed by atoms with van der Waals surface area (Å²) in [6.45, 7) is -0.129. The topological polar surface area (TPSA) is 78.3 Å². The number of pyridine rings is 1. The summed E-state index contributed by atoms with van der Waals surface area (Å²) in [5, 5.41) is 18.0. The molecule has 0 spiro atoms. The molecule has 3 aromatic rings. The SMILES string of the molecule is N#CC(C#N)=Cc1c(OCC(=O)c2ccccc2)cc2ccccn12. The average Bonchev–Trinajstić information content (AvgIpc) is 3.02. The van der Waals surface area contributed by atoms with E-state index < -0.39 is 0 Å². The molecule has 3 rings (SSSR count). The Morgan fingerprint density at radius 3 is 2.52 bits per heavy atom. The molecule has 1 aromatic carbocycles. The lowest BCUT2D eigenvalue weighted by molar-refractivity contribution is 0.0921. The Morgan fingerprint density at radius 2 is 1.80 bits per heavy atom. The number of aromatic nitrogens is 1. The molecule has 0 unspecified atom stereocenters. The molecule has 0 saturated heterocycles. The molecule has 2 aromatic heterocycles. The summed E-state index contributed by atoms with van der Waals surface area (Å²) in [5.41, 5.74) is 1.92. The average molecular weight is 327 g/mol. The van der Waals surface area contributed by atoms with Gasteiger partial charge in [0.05, 0.1) is 5.69 Å². The van der Waals surface area contributed by atoms with Gasteiger partial charge in [0, 0.05) is 23.3 Å². The van der Waals surface area contributed by atoms with Gasteiger partial charge in [-0.2, -0.15) is 10.5 Å². The summed E-state index contributed by atoms with van der Waals surface area (Å²) < 4.78 is 7.50. The third-order valence-electron chi connectivity index (χ3n) is 3.66. The van der Waals surface area contributed by atoms with Crippen LogP contribution in [0.1, 0.15) is 16.1 Å². The van der Waals surface area contributed by atoms with E-state index in [1.54, 1.807) is 40.9 Å². The van der Waals surface area contributed by atoms with E-state index >= 15 is 0 Å². The van der Waals surface area contributed by atoms with E-state index in [1.807, 2.05) is 36.4 Å². The largest absolute Gasteiger partial charge is 0.483 e. The maximum absolute atomic E-state index is 12.2. The van der Waals surface area contributed by atoms with Gasteiger partial charge in [-0.05, 0) is 18.2 Å². The highest BCUT2D eigenvalue weighted by Crippen LogP contribution is 2.26. The van der Waals surface area contributed by atoms with Gasteiger partial charge >= 0.3 is 0 Å². The number of rotatable bonds is 5. The van der Waals surface area contributed by atoms with Crippen molar-refractivity contribution in [2.24, 2.45) is 0 Å². The summed E-state index contributed by atoms with van der Waals surface area (Å²) in [7, 11) is 0.